The van der Waals surface area contributed by atoms with Crippen molar-refractivity contribution in [3.05, 3.63) is 47.2 Å². The summed E-state index contributed by atoms with van der Waals surface area (Å²) >= 11 is 0. The van der Waals surface area contributed by atoms with E-state index in [4.69, 9.17) is 5.26 Å². The summed E-state index contributed by atoms with van der Waals surface area (Å²) in [6, 6.07) is 9.80. The maximum absolute atomic E-state index is 12.2. The van der Waals surface area contributed by atoms with Crippen LogP contribution in [0.2, 0.25) is 0 Å². The molecule has 2 atom stereocenters. The second-order valence-corrected chi connectivity index (χ2v) is 6.62. The third-order valence-corrected chi connectivity index (χ3v) is 5.21. The summed E-state index contributed by atoms with van der Waals surface area (Å²) in [7, 11) is 0. The van der Waals surface area contributed by atoms with Crippen molar-refractivity contribution in [2.24, 2.45) is 5.92 Å². The summed E-state index contributed by atoms with van der Waals surface area (Å²) in [6.07, 6.45) is 3.80. The molecule has 2 unspecified atom stereocenters. The lowest BCUT2D eigenvalue weighted by molar-refractivity contribution is -0.119. The van der Waals surface area contributed by atoms with Gasteiger partial charge in [0, 0.05) is 30.2 Å². The van der Waals surface area contributed by atoms with Gasteiger partial charge >= 0.3 is 0 Å². The average Bonchev–Trinajstić information content (AvgIpc) is 3.05. The molecule has 1 amide bonds. The minimum absolute atomic E-state index is 0.00729. The van der Waals surface area contributed by atoms with Crippen molar-refractivity contribution in [3.63, 3.8) is 0 Å². The second kappa shape index (κ2) is 6.27. The number of fused-ring (bicyclic) bond motifs is 1. The highest BCUT2D eigenvalue weighted by Crippen LogP contribution is 2.34. The van der Waals surface area contributed by atoms with E-state index >= 15 is 0 Å². The lowest BCUT2D eigenvalue weighted by Crippen LogP contribution is -2.53. The monoisotopic (exact) mass is 323 g/mol. The molecule has 0 radical (unpaired) electrons. The predicted octanol–water partition coefficient (Wildman–Crippen LogP) is 0.801. The molecule has 0 spiro atoms. The lowest BCUT2D eigenvalue weighted by atomic mass is 9.90. The number of amides is 1. The first-order valence-electron chi connectivity index (χ1n) is 8.52. The molecule has 2 saturated heterocycles. The normalized spacial score (nSPS) is 27.2. The van der Waals surface area contributed by atoms with Crippen LogP contribution in [0.3, 0.4) is 0 Å². The molecular formula is C18H21N5O. The van der Waals surface area contributed by atoms with E-state index in [0.29, 0.717) is 11.5 Å². The highest BCUT2D eigenvalue weighted by molar-refractivity contribution is 5.89. The summed E-state index contributed by atoms with van der Waals surface area (Å²) in [5.41, 5.74) is 6.38. The number of hydrogen-bond acceptors (Lipinski definition) is 5. The van der Waals surface area contributed by atoms with Crippen LogP contribution < -0.4 is 16.1 Å². The predicted molar refractivity (Wildman–Crippen MR) is 89.3 cm³/mol. The van der Waals surface area contributed by atoms with Crippen LogP contribution >= 0.6 is 0 Å². The molecule has 24 heavy (non-hydrogen) atoms. The average molecular weight is 323 g/mol. The topological polar surface area (TPSA) is 80.2 Å². The third-order valence-electron chi connectivity index (χ3n) is 5.21. The Kier molecular flexibility index (Phi) is 3.97. The maximum atomic E-state index is 12.2. The number of hydrogen-bond donors (Lipinski definition) is 3. The minimum atomic E-state index is -0.0691. The van der Waals surface area contributed by atoms with Gasteiger partial charge in [-0.15, -0.1) is 0 Å². The van der Waals surface area contributed by atoms with E-state index < -0.39 is 0 Å². The van der Waals surface area contributed by atoms with Crippen LogP contribution in [-0.4, -0.2) is 36.7 Å². The molecule has 124 valence electrons. The molecule has 3 heterocycles. The fourth-order valence-corrected chi connectivity index (χ4v) is 3.93. The third kappa shape index (κ3) is 2.66. The zero-order chi connectivity index (χ0) is 16.5. The van der Waals surface area contributed by atoms with Crippen molar-refractivity contribution in [3.8, 4) is 6.07 Å². The molecule has 3 N–H and O–H groups in total. The Labute approximate surface area is 141 Å². The molecule has 1 aromatic carbocycles. The largest absolute Gasteiger partial charge is 0.330 e. The summed E-state index contributed by atoms with van der Waals surface area (Å²) in [5.74, 6) is 0.589. The summed E-state index contributed by atoms with van der Waals surface area (Å²) in [4.78, 5) is 12.2. The molecule has 3 aliphatic heterocycles. The van der Waals surface area contributed by atoms with E-state index in [0.717, 1.165) is 43.7 Å². The molecule has 1 aromatic rings. The molecule has 0 aliphatic carbocycles. The van der Waals surface area contributed by atoms with Gasteiger partial charge in [0.05, 0.1) is 11.6 Å². The van der Waals surface area contributed by atoms with Gasteiger partial charge in [0.15, 0.2) is 0 Å². The number of nitrogens with one attached hydrogen (secondary N) is 3. The van der Waals surface area contributed by atoms with Crippen molar-refractivity contribution in [1.82, 2.24) is 21.1 Å². The van der Waals surface area contributed by atoms with Crippen LogP contribution in [0, 0.1) is 17.2 Å². The SMILES string of the molecule is N#Cc1ccc(C2CNN3C(C4CCNCC4)=CC(=O)NC23)cc1. The number of nitriles is 1. The number of benzene rings is 1. The molecule has 4 rings (SSSR count). The van der Waals surface area contributed by atoms with E-state index in [1.165, 1.54) is 0 Å². The molecule has 6 nitrogen and oxygen atoms in total. The lowest BCUT2D eigenvalue weighted by Gasteiger charge is -2.39. The van der Waals surface area contributed by atoms with Crippen molar-refractivity contribution in [1.29, 1.82) is 5.26 Å². The highest BCUT2D eigenvalue weighted by atomic mass is 16.2. The maximum Gasteiger partial charge on any atom is 0.247 e. The Hall–Kier alpha value is -2.36. The van der Waals surface area contributed by atoms with Gasteiger partial charge in [-0.3, -0.25) is 9.80 Å². The highest BCUT2D eigenvalue weighted by Gasteiger charge is 2.41. The number of piperidine rings is 1. The van der Waals surface area contributed by atoms with E-state index in [9.17, 15) is 4.79 Å². The zero-order valence-corrected chi connectivity index (χ0v) is 13.5. The standard InChI is InChI=1S/C18H21N5O/c19-10-12-1-3-13(4-2-12)15-11-21-23-16(9-17(24)22-18(15)23)14-5-7-20-8-6-14/h1-4,9,14-15,18,20-21H,5-8,11H2,(H,22,24). The quantitative estimate of drug-likeness (QED) is 0.750. The van der Waals surface area contributed by atoms with Crippen LogP contribution in [0.1, 0.15) is 29.9 Å². The van der Waals surface area contributed by atoms with Gasteiger partial charge in [-0.1, -0.05) is 12.1 Å². The molecular weight excluding hydrogens is 302 g/mol. The van der Waals surface area contributed by atoms with E-state index in [1.54, 1.807) is 6.08 Å². The van der Waals surface area contributed by atoms with E-state index in [2.05, 4.69) is 27.1 Å². The van der Waals surface area contributed by atoms with Gasteiger partial charge in [0.25, 0.3) is 0 Å². The van der Waals surface area contributed by atoms with Gasteiger partial charge in [-0.25, -0.2) is 5.43 Å². The molecule has 3 aliphatic rings. The minimum Gasteiger partial charge on any atom is -0.330 e. The molecule has 0 bridgehead atoms. The van der Waals surface area contributed by atoms with Gasteiger partial charge in [-0.2, -0.15) is 5.26 Å². The number of carbonyl (C=O) groups excluding carboxylic acids is 1. The van der Waals surface area contributed by atoms with Gasteiger partial charge in [0.2, 0.25) is 5.91 Å². The first-order chi connectivity index (χ1) is 11.8. The fourth-order valence-electron chi connectivity index (χ4n) is 3.93. The van der Waals surface area contributed by atoms with Crippen LogP contribution in [-0.2, 0) is 4.79 Å². The van der Waals surface area contributed by atoms with Gasteiger partial charge in [-0.05, 0) is 43.6 Å². The van der Waals surface area contributed by atoms with E-state index in [-0.39, 0.29) is 18.0 Å². The van der Waals surface area contributed by atoms with E-state index in [1.807, 2.05) is 24.3 Å². The van der Waals surface area contributed by atoms with Crippen molar-refractivity contribution < 1.29 is 4.79 Å². The number of hydrazine groups is 1. The Morgan fingerprint density at radius 1 is 1.17 bits per heavy atom. The van der Waals surface area contributed by atoms with Crippen LogP contribution in [0.25, 0.3) is 0 Å². The zero-order valence-electron chi connectivity index (χ0n) is 13.5. The number of nitrogens with zero attached hydrogens (tertiary/aromatic N) is 2. The van der Waals surface area contributed by atoms with Crippen molar-refractivity contribution >= 4 is 5.91 Å². The van der Waals surface area contributed by atoms with Gasteiger partial charge < -0.3 is 10.6 Å². The first-order valence-corrected chi connectivity index (χ1v) is 8.52. The summed E-state index contributed by atoms with van der Waals surface area (Å²) in [6.45, 7) is 2.78. The molecule has 0 aromatic heterocycles. The van der Waals surface area contributed by atoms with Crippen molar-refractivity contribution in [2.75, 3.05) is 19.6 Å². The van der Waals surface area contributed by atoms with Crippen molar-refractivity contribution in [2.45, 2.75) is 24.9 Å². The van der Waals surface area contributed by atoms with Crippen LogP contribution in [0.15, 0.2) is 36.0 Å². The second-order valence-electron chi connectivity index (χ2n) is 6.62. The summed E-state index contributed by atoms with van der Waals surface area (Å²) in [5, 5.41) is 17.6. The first kappa shape index (κ1) is 15.2. The van der Waals surface area contributed by atoms with Gasteiger partial charge in [0.1, 0.15) is 6.17 Å². The summed E-state index contributed by atoms with van der Waals surface area (Å²) < 4.78 is 0. The molecule has 2 fully saturated rings. The Morgan fingerprint density at radius 2 is 1.92 bits per heavy atom. The fraction of sp³-hybridized carbons (Fsp3) is 0.444. The molecule has 6 heteroatoms. The Bertz CT molecular complexity index is 699. The Morgan fingerprint density at radius 3 is 2.62 bits per heavy atom. The smallest absolute Gasteiger partial charge is 0.247 e. The number of rotatable bonds is 2. The number of carbonyl (C=O) groups is 1. The Balaban J connectivity index is 1.59. The van der Waals surface area contributed by atoms with Crippen LogP contribution in [0.5, 0.6) is 0 Å². The number of allylic oxidation sites excluding steroid dienone is 1. The molecule has 0 saturated carbocycles. The van der Waals surface area contributed by atoms with Crippen LogP contribution in [0.4, 0.5) is 0 Å².